The van der Waals surface area contributed by atoms with Crippen molar-refractivity contribution in [3.63, 3.8) is 0 Å². The lowest BCUT2D eigenvalue weighted by Gasteiger charge is -2.27. The second kappa shape index (κ2) is 5.46. The van der Waals surface area contributed by atoms with Gasteiger partial charge in [-0.05, 0) is 11.6 Å². The molecule has 0 aliphatic carbocycles. The van der Waals surface area contributed by atoms with Gasteiger partial charge in [-0.2, -0.15) is 0 Å². The SMILES string of the molecule is O=CNCc1ccc(N2CCOCC2)nc1. The molecule has 1 N–H and O–H groups in total. The summed E-state index contributed by atoms with van der Waals surface area (Å²) in [7, 11) is 0. The van der Waals surface area contributed by atoms with E-state index in [4.69, 9.17) is 4.74 Å². The van der Waals surface area contributed by atoms with E-state index < -0.39 is 0 Å². The Morgan fingerprint density at radius 1 is 1.44 bits per heavy atom. The van der Waals surface area contributed by atoms with Gasteiger partial charge in [-0.25, -0.2) is 4.98 Å². The molecule has 0 unspecified atom stereocenters. The average Bonchev–Trinajstić information content (AvgIpc) is 2.38. The predicted molar refractivity (Wildman–Crippen MR) is 60.2 cm³/mol. The average molecular weight is 221 g/mol. The van der Waals surface area contributed by atoms with E-state index in [0.717, 1.165) is 37.7 Å². The molecule has 1 aliphatic heterocycles. The number of amides is 1. The Bertz CT molecular complexity index is 334. The van der Waals surface area contributed by atoms with Crippen LogP contribution in [-0.4, -0.2) is 37.7 Å². The van der Waals surface area contributed by atoms with E-state index >= 15 is 0 Å². The Labute approximate surface area is 94.4 Å². The Kier molecular flexibility index (Phi) is 3.71. The second-order valence-electron chi connectivity index (χ2n) is 3.62. The molecule has 5 nitrogen and oxygen atoms in total. The predicted octanol–water partition coefficient (Wildman–Crippen LogP) is 0.164. The molecule has 0 radical (unpaired) electrons. The molecule has 0 aromatic carbocycles. The summed E-state index contributed by atoms with van der Waals surface area (Å²) in [5.41, 5.74) is 1.00. The zero-order valence-corrected chi connectivity index (χ0v) is 9.06. The molecular formula is C11H15N3O2. The van der Waals surface area contributed by atoms with E-state index in [1.165, 1.54) is 0 Å². The maximum Gasteiger partial charge on any atom is 0.207 e. The number of nitrogens with one attached hydrogen (secondary N) is 1. The van der Waals surface area contributed by atoms with Gasteiger partial charge in [-0.15, -0.1) is 0 Å². The van der Waals surface area contributed by atoms with Crippen LogP contribution in [-0.2, 0) is 16.1 Å². The van der Waals surface area contributed by atoms with Gasteiger partial charge in [0.15, 0.2) is 0 Å². The van der Waals surface area contributed by atoms with E-state index in [-0.39, 0.29) is 0 Å². The monoisotopic (exact) mass is 221 g/mol. The summed E-state index contributed by atoms with van der Waals surface area (Å²) in [6.07, 6.45) is 2.48. The highest BCUT2D eigenvalue weighted by atomic mass is 16.5. The number of anilines is 1. The van der Waals surface area contributed by atoms with Crippen molar-refractivity contribution in [2.45, 2.75) is 6.54 Å². The third-order valence-corrected chi connectivity index (χ3v) is 2.53. The first-order valence-corrected chi connectivity index (χ1v) is 5.35. The lowest BCUT2D eigenvalue weighted by molar-refractivity contribution is -0.109. The van der Waals surface area contributed by atoms with Gasteiger partial charge in [-0.3, -0.25) is 4.79 Å². The van der Waals surface area contributed by atoms with Crippen molar-refractivity contribution < 1.29 is 9.53 Å². The summed E-state index contributed by atoms with van der Waals surface area (Å²) in [4.78, 5) is 16.7. The number of ether oxygens (including phenoxy) is 1. The molecule has 1 fully saturated rings. The summed E-state index contributed by atoms with van der Waals surface area (Å²) in [6.45, 7) is 3.82. The molecule has 0 spiro atoms. The fourth-order valence-corrected chi connectivity index (χ4v) is 1.66. The number of hydrogen-bond donors (Lipinski definition) is 1. The molecule has 2 rings (SSSR count). The minimum atomic E-state index is 0.528. The zero-order chi connectivity index (χ0) is 11.2. The van der Waals surface area contributed by atoms with Crippen molar-refractivity contribution >= 4 is 12.2 Å². The molecule has 1 amide bonds. The molecule has 86 valence electrons. The van der Waals surface area contributed by atoms with Gasteiger partial charge in [-0.1, -0.05) is 6.07 Å². The third kappa shape index (κ3) is 2.70. The molecule has 1 aliphatic rings. The smallest absolute Gasteiger partial charge is 0.207 e. The number of carbonyl (C=O) groups excluding carboxylic acids is 1. The normalized spacial score (nSPS) is 15.9. The maximum atomic E-state index is 10.1. The van der Waals surface area contributed by atoms with Crippen LogP contribution in [0, 0.1) is 0 Å². The van der Waals surface area contributed by atoms with Gasteiger partial charge >= 0.3 is 0 Å². The highest BCUT2D eigenvalue weighted by Gasteiger charge is 2.11. The van der Waals surface area contributed by atoms with Crippen LogP contribution in [0.1, 0.15) is 5.56 Å². The zero-order valence-electron chi connectivity index (χ0n) is 9.06. The Hall–Kier alpha value is -1.62. The number of nitrogens with zero attached hydrogens (tertiary/aromatic N) is 2. The first-order valence-electron chi connectivity index (χ1n) is 5.35. The highest BCUT2D eigenvalue weighted by Crippen LogP contribution is 2.12. The van der Waals surface area contributed by atoms with E-state index in [9.17, 15) is 4.79 Å². The minimum Gasteiger partial charge on any atom is -0.378 e. The lowest BCUT2D eigenvalue weighted by atomic mass is 10.2. The number of morpholine rings is 1. The molecule has 0 atom stereocenters. The van der Waals surface area contributed by atoms with Crippen molar-refractivity contribution in [1.82, 2.24) is 10.3 Å². The highest BCUT2D eigenvalue weighted by molar-refractivity contribution is 5.46. The van der Waals surface area contributed by atoms with Crippen LogP contribution in [0.4, 0.5) is 5.82 Å². The number of carbonyl (C=O) groups is 1. The standard InChI is InChI=1S/C11H15N3O2/c15-9-12-7-10-1-2-11(13-8-10)14-3-5-16-6-4-14/h1-2,8-9H,3-7H2,(H,12,15). The van der Waals surface area contributed by atoms with Crippen molar-refractivity contribution in [3.8, 4) is 0 Å². The van der Waals surface area contributed by atoms with Crippen LogP contribution in [0.3, 0.4) is 0 Å². The van der Waals surface area contributed by atoms with Gasteiger partial charge in [0.2, 0.25) is 6.41 Å². The number of rotatable bonds is 4. The van der Waals surface area contributed by atoms with E-state index in [2.05, 4.69) is 15.2 Å². The Morgan fingerprint density at radius 2 is 2.25 bits per heavy atom. The Morgan fingerprint density at radius 3 is 2.88 bits per heavy atom. The Balaban J connectivity index is 1.97. The summed E-state index contributed by atoms with van der Waals surface area (Å²) in [5, 5.41) is 2.61. The van der Waals surface area contributed by atoms with Gasteiger partial charge in [0.05, 0.1) is 13.2 Å². The summed E-state index contributed by atoms with van der Waals surface area (Å²) >= 11 is 0. The lowest BCUT2D eigenvalue weighted by Crippen LogP contribution is -2.36. The van der Waals surface area contributed by atoms with Gasteiger partial charge in [0, 0.05) is 25.8 Å². The first-order chi connectivity index (χ1) is 7.90. The molecule has 1 aromatic heterocycles. The quantitative estimate of drug-likeness (QED) is 0.736. The number of hydrogen-bond acceptors (Lipinski definition) is 4. The third-order valence-electron chi connectivity index (χ3n) is 2.53. The molecule has 0 bridgehead atoms. The molecular weight excluding hydrogens is 206 g/mol. The minimum absolute atomic E-state index is 0.528. The van der Waals surface area contributed by atoms with Crippen molar-refractivity contribution in [2.24, 2.45) is 0 Å². The molecule has 5 heteroatoms. The first kappa shape index (κ1) is 10.9. The van der Waals surface area contributed by atoms with E-state index in [1.807, 2.05) is 12.1 Å². The summed E-state index contributed by atoms with van der Waals surface area (Å²) in [6, 6.07) is 3.96. The van der Waals surface area contributed by atoms with Crippen LogP contribution in [0.2, 0.25) is 0 Å². The van der Waals surface area contributed by atoms with Gasteiger partial charge in [0.25, 0.3) is 0 Å². The molecule has 2 heterocycles. The van der Waals surface area contributed by atoms with Gasteiger partial charge in [0.1, 0.15) is 5.82 Å². The molecule has 1 aromatic rings. The van der Waals surface area contributed by atoms with Crippen LogP contribution in [0.5, 0.6) is 0 Å². The van der Waals surface area contributed by atoms with Crippen molar-refractivity contribution in [3.05, 3.63) is 23.9 Å². The second-order valence-corrected chi connectivity index (χ2v) is 3.62. The van der Waals surface area contributed by atoms with E-state index in [0.29, 0.717) is 13.0 Å². The van der Waals surface area contributed by atoms with Crippen LogP contribution in [0.15, 0.2) is 18.3 Å². The van der Waals surface area contributed by atoms with Crippen LogP contribution >= 0.6 is 0 Å². The van der Waals surface area contributed by atoms with E-state index in [1.54, 1.807) is 6.20 Å². The summed E-state index contributed by atoms with van der Waals surface area (Å²) < 4.78 is 5.28. The number of pyridine rings is 1. The van der Waals surface area contributed by atoms with Crippen molar-refractivity contribution in [2.75, 3.05) is 31.2 Å². The van der Waals surface area contributed by atoms with Crippen molar-refractivity contribution in [1.29, 1.82) is 0 Å². The molecule has 16 heavy (non-hydrogen) atoms. The van der Waals surface area contributed by atoms with Crippen LogP contribution in [0.25, 0.3) is 0 Å². The fraction of sp³-hybridized carbons (Fsp3) is 0.455. The maximum absolute atomic E-state index is 10.1. The topological polar surface area (TPSA) is 54.5 Å². The number of aromatic nitrogens is 1. The fourth-order valence-electron chi connectivity index (χ4n) is 1.66. The molecule has 0 saturated carbocycles. The van der Waals surface area contributed by atoms with Crippen LogP contribution < -0.4 is 10.2 Å². The molecule has 1 saturated heterocycles. The summed E-state index contributed by atoms with van der Waals surface area (Å²) in [5.74, 6) is 0.971. The largest absolute Gasteiger partial charge is 0.378 e. The van der Waals surface area contributed by atoms with Gasteiger partial charge < -0.3 is 15.0 Å².